The average Bonchev–Trinajstić information content (AvgIpc) is 2.92. The first-order chi connectivity index (χ1) is 10.2. The van der Waals surface area contributed by atoms with E-state index in [9.17, 15) is 9.18 Å². The van der Waals surface area contributed by atoms with Gasteiger partial charge >= 0.3 is 0 Å². The number of hydrogen-bond acceptors (Lipinski definition) is 2. The first-order valence-electron chi connectivity index (χ1n) is 6.39. The van der Waals surface area contributed by atoms with Gasteiger partial charge in [-0.2, -0.15) is 0 Å². The van der Waals surface area contributed by atoms with Crippen LogP contribution in [0.5, 0.6) is 5.75 Å². The zero-order valence-corrected chi connectivity index (χ0v) is 11.3. The molecule has 1 heterocycles. The molecule has 2 aromatic carbocycles. The molecule has 1 amide bonds. The van der Waals surface area contributed by atoms with Crippen LogP contribution in [0.3, 0.4) is 0 Å². The molecular weight excluding hydrogens is 271 g/mol. The number of halogens is 1. The number of anilines is 1. The highest BCUT2D eigenvalue weighted by Gasteiger charge is 2.13. The second-order valence-electron chi connectivity index (χ2n) is 4.57. The van der Waals surface area contributed by atoms with Crippen molar-refractivity contribution in [3.63, 3.8) is 0 Å². The number of fused-ring (bicyclic) bond motifs is 1. The van der Waals surface area contributed by atoms with E-state index in [0.717, 1.165) is 10.9 Å². The number of methoxy groups -OCH3 is 1. The van der Waals surface area contributed by atoms with E-state index in [4.69, 9.17) is 4.74 Å². The molecule has 0 saturated heterocycles. The summed E-state index contributed by atoms with van der Waals surface area (Å²) in [7, 11) is 1.58. The lowest BCUT2D eigenvalue weighted by molar-refractivity contribution is 0.102. The van der Waals surface area contributed by atoms with E-state index in [1.54, 1.807) is 19.4 Å². The van der Waals surface area contributed by atoms with Crippen LogP contribution < -0.4 is 10.1 Å². The summed E-state index contributed by atoms with van der Waals surface area (Å²) in [5, 5.41) is 3.51. The maximum Gasteiger partial charge on any atom is 0.257 e. The van der Waals surface area contributed by atoms with Gasteiger partial charge in [-0.3, -0.25) is 4.79 Å². The quantitative estimate of drug-likeness (QED) is 0.772. The van der Waals surface area contributed by atoms with Gasteiger partial charge in [-0.25, -0.2) is 4.39 Å². The monoisotopic (exact) mass is 284 g/mol. The van der Waals surface area contributed by atoms with Crippen molar-refractivity contribution in [2.75, 3.05) is 12.4 Å². The van der Waals surface area contributed by atoms with Crippen molar-refractivity contribution < 1.29 is 13.9 Å². The number of aromatic amines is 1. The topological polar surface area (TPSA) is 54.1 Å². The van der Waals surface area contributed by atoms with Gasteiger partial charge in [0, 0.05) is 22.8 Å². The molecule has 0 saturated carbocycles. The Morgan fingerprint density at radius 1 is 1.19 bits per heavy atom. The lowest BCUT2D eigenvalue weighted by Crippen LogP contribution is -2.11. The van der Waals surface area contributed by atoms with Crippen LogP contribution in [0.15, 0.2) is 48.7 Å². The third-order valence-corrected chi connectivity index (χ3v) is 3.24. The van der Waals surface area contributed by atoms with Crippen LogP contribution in [0.1, 0.15) is 10.4 Å². The maximum absolute atomic E-state index is 12.9. The van der Waals surface area contributed by atoms with Crippen LogP contribution in [-0.2, 0) is 0 Å². The number of carbonyl (C=O) groups excluding carboxylic acids is 1. The molecule has 0 atom stereocenters. The van der Waals surface area contributed by atoms with Crippen molar-refractivity contribution in [2.24, 2.45) is 0 Å². The summed E-state index contributed by atoms with van der Waals surface area (Å²) in [6.07, 6.45) is 1.64. The second kappa shape index (κ2) is 5.28. The van der Waals surface area contributed by atoms with Gasteiger partial charge in [0.1, 0.15) is 11.6 Å². The van der Waals surface area contributed by atoms with Crippen molar-refractivity contribution in [2.45, 2.75) is 0 Å². The maximum atomic E-state index is 12.9. The van der Waals surface area contributed by atoms with Gasteiger partial charge in [0.05, 0.1) is 12.7 Å². The first-order valence-corrected chi connectivity index (χ1v) is 6.39. The minimum Gasteiger partial charge on any atom is -0.497 e. The number of H-pyrrole nitrogens is 1. The first kappa shape index (κ1) is 13.2. The van der Waals surface area contributed by atoms with Crippen LogP contribution in [0.4, 0.5) is 10.1 Å². The predicted octanol–water partition coefficient (Wildman–Crippen LogP) is 3.57. The Balaban J connectivity index is 1.92. The Bertz CT molecular complexity index is 794. The molecule has 0 radical (unpaired) electrons. The fourth-order valence-corrected chi connectivity index (χ4v) is 2.15. The van der Waals surface area contributed by atoms with Crippen LogP contribution in [0, 0.1) is 5.82 Å². The minimum atomic E-state index is -0.343. The van der Waals surface area contributed by atoms with E-state index >= 15 is 0 Å². The van der Waals surface area contributed by atoms with E-state index in [1.165, 1.54) is 24.3 Å². The molecule has 2 N–H and O–H groups in total. The van der Waals surface area contributed by atoms with Crippen molar-refractivity contribution >= 4 is 22.5 Å². The highest BCUT2D eigenvalue weighted by Crippen LogP contribution is 2.24. The lowest BCUT2D eigenvalue weighted by Gasteiger charge is -2.05. The third kappa shape index (κ3) is 2.58. The molecular formula is C16H13FN2O2. The van der Waals surface area contributed by atoms with Crippen molar-refractivity contribution in [3.8, 4) is 5.75 Å². The Hall–Kier alpha value is -2.82. The van der Waals surface area contributed by atoms with E-state index < -0.39 is 0 Å². The zero-order chi connectivity index (χ0) is 14.8. The van der Waals surface area contributed by atoms with Gasteiger partial charge in [0.2, 0.25) is 0 Å². The fourth-order valence-electron chi connectivity index (χ4n) is 2.15. The van der Waals surface area contributed by atoms with Crippen molar-refractivity contribution in [1.29, 1.82) is 0 Å². The number of carbonyl (C=O) groups is 1. The summed E-state index contributed by atoms with van der Waals surface area (Å²) in [4.78, 5) is 15.3. The molecule has 1 aromatic heterocycles. The standard InChI is InChI=1S/C16H13FN2O2/c1-21-12-6-7-15-13(8-12)14(9-18-15)16(20)19-11-4-2-10(17)3-5-11/h2-9,18H,1H3,(H,19,20). The van der Waals surface area contributed by atoms with Gasteiger partial charge in [-0.1, -0.05) is 0 Å². The molecule has 0 spiro atoms. The number of amides is 1. The third-order valence-electron chi connectivity index (χ3n) is 3.24. The van der Waals surface area contributed by atoms with Crippen LogP contribution in [0.2, 0.25) is 0 Å². The van der Waals surface area contributed by atoms with Gasteiger partial charge in [-0.15, -0.1) is 0 Å². The van der Waals surface area contributed by atoms with E-state index in [-0.39, 0.29) is 11.7 Å². The number of nitrogens with one attached hydrogen (secondary N) is 2. The molecule has 0 bridgehead atoms. The van der Waals surface area contributed by atoms with Gasteiger partial charge < -0.3 is 15.0 Å². The molecule has 0 aliphatic rings. The fraction of sp³-hybridized carbons (Fsp3) is 0.0625. The second-order valence-corrected chi connectivity index (χ2v) is 4.57. The average molecular weight is 284 g/mol. The van der Waals surface area contributed by atoms with Crippen molar-refractivity contribution in [3.05, 3.63) is 60.0 Å². The van der Waals surface area contributed by atoms with Gasteiger partial charge in [0.25, 0.3) is 5.91 Å². The summed E-state index contributed by atoms with van der Waals surface area (Å²) < 4.78 is 18.0. The lowest BCUT2D eigenvalue weighted by atomic mass is 10.1. The van der Waals surface area contributed by atoms with Gasteiger partial charge in [0.15, 0.2) is 0 Å². The Kier molecular flexibility index (Phi) is 3.31. The summed E-state index contributed by atoms with van der Waals surface area (Å²) in [6.45, 7) is 0. The largest absolute Gasteiger partial charge is 0.497 e. The number of benzene rings is 2. The van der Waals surface area contributed by atoms with Crippen LogP contribution in [0.25, 0.3) is 10.9 Å². The Morgan fingerprint density at radius 2 is 1.95 bits per heavy atom. The summed E-state index contributed by atoms with van der Waals surface area (Å²) in [5.41, 5.74) is 1.90. The molecule has 0 fully saturated rings. The predicted molar refractivity (Wildman–Crippen MR) is 79.2 cm³/mol. The number of hydrogen-bond donors (Lipinski definition) is 2. The van der Waals surface area contributed by atoms with E-state index in [0.29, 0.717) is 17.0 Å². The summed E-state index contributed by atoms with van der Waals surface area (Å²) >= 11 is 0. The number of rotatable bonds is 3. The highest BCUT2D eigenvalue weighted by molar-refractivity contribution is 6.13. The van der Waals surface area contributed by atoms with Crippen LogP contribution >= 0.6 is 0 Å². The molecule has 106 valence electrons. The van der Waals surface area contributed by atoms with Crippen molar-refractivity contribution in [1.82, 2.24) is 4.98 Å². The number of aromatic nitrogens is 1. The molecule has 0 aliphatic heterocycles. The summed E-state index contributed by atoms with van der Waals surface area (Å²) in [6, 6.07) is 11.1. The Labute approximate surface area is 120 Å². The molecule has 0 aliphatic carbocycles. The molecule has 0 unspecified atom stereocenters. The van der Waals surface area contributed by atoms with Crippen LogP contribution in [-0.4, -0.2) is 18.0 Å². The molecule has 21 heavy (non-hydrogen) atoms. The highest BCUT2D eigenvalue weighted by atomic mass is 19.1. The minimum absolute atomic E-state index is 0.263. The molecule has 4 nitrogen and oxygen atoms in total. The molecule has 3 rings (SSSR count). The zero-order valence-electron chi connectivity index (χ0n) is 11.3. The van der Waals surface area contributed by atoms with E-state index in [2.05, 4.69) is 10.3 Å². The normalized spacial score (nSPS) is 10.6. The molecule has 3 aromatic rings. The summed E-state index contributed by atoms with van der Waals surface area (Å²) in [5.74, 6) is 0.0730. The molecule has 5 heteroatoms. The Morgan fingerprint density at radius 3 is 2.67 bits per heavy atom. The smallest absolute Gasteiger partial charge is 0.257 e. The van der Waals surface area contributed by atoms with Gasteiger partial charge in [-0.05, 0) is 42.5 Å². The SMILES string of the molecule is COc1ccc2[nH]cc(C(=O)Nc3ccc(F)cc3)c2c1. The number of ether oxygens (including phenoxy) is 1. The van der Waals surface area contributed by atoms with E-state index in [1.807, 2.05) is 12.1 Å².